The van der Waals surface area contributed by atoms with Gasteiger partial charge in [0.25, 0.3) is 0 Å². The van der Waals surface area contributed by atoms with Crippen molar-refractivity contribution in [3.8, 4) is 0 Å². The predicted octanol–water partition coefficient (Wildman–Crippen LogP) is 3.39. The fraction of sp³-hybridized carbons (Fsp3) is 0.0588. The van der Waals surface area contributed by atoms with Crippen LogP contribution in [0.2, 0.25) is 0 Å². The SMILES string of the molecule is Cc1ccc(C(=O)C=C2OC(=O)c3ccccc32)cc1. The number of carbonyl (C=O) groups excluding carboxylic acids is 2. The average Bonchev–Trinajstić information content (AvgIpc) is 2.77. The first-order valence-corrected chi connectivity index (χ1v) is 6.29. The van der Waals surface area contributed by atoms with Crippen LogP contribution < -0.4 is 0 Å². The Bertz CT molecular complexity index is 724. The maximum Gasteiger partial charge on any atom is 0.344 e. The van der Waals surface area contributed by atoms with Crippen LogP contribution >= 0.6 is 0 Å². The molecular weight excluding hydrogens is 252 g/mol. The van der Waals surface area contributed by atoms with Crippen molar-refractivity contribution in [3.05, 3.63) is 76.9 Å². The number of fused-ring (bicyclic) bond motifs is 1. The number of ketones is 1. The second kappa shape index (κ2) is 4.78. The van der Waals surface area contributed by atoms with Gasteiger partial charge in [-0.25, -0.2) is 4.79 Å². The van der Waals surface area contributed by atoms with E-state index in [2.05, 4.69) is 0 Å². The number of esters is 1. The zero-order valence-corrected chi connectivity index (χ0v) is 10.9. The van der Waals surface area contributed by atoms with Crippen LogP contribution in [0.4, 0.5) is 0 Å². The lowest BCUT2D eigenvalue weighted by atomic mass is 10.0. The molecule has 2 aromatic carbocycles. The summed E-state index contributed by atoms with van der Waals surface area (Å²) in [6, 6.07) is 14.3. The van der Waals surface area contributed by atoms with Gasteiger partial charge in [0.1, 0.15) is 5.76 Å². The van der Waals surface area contributed by atoms with Gasteiger partial charge >= 0.3 is 5.97 Å². The number of rotatable bonds is 2. The van der Waals surface area contributed by atoms with Gasteiger partial charge in [-0.1, -0.05) is 48.0 Å². The lowest BCUT2D eigenvalue weighted by molar-refractivity contribution is 0.0715. The van der Waals surface area contributed by atoms with Gasteiger partial charge in [0.15, 0.2) is 5.78 Å². The first kappa shape index (κ1) is 12.4. The molecule has 98 valence electrons. The number of hydrogen-bond donors (Lipinski definition) is 0. The molecule has 0 unspecified atom stereocenters. The number of cyclic esters (lactones) is 1. The smallest absolute Gasteiger partial charge is 0.344 e. The monoisotopic (exact) mass is 264 g/mol. The fourth-order valence-corrected chi connectivity index (χ4v) is 2.11. The van der Waals surface area contributed by atoms with Crippen LogP contribution in [0.25, 0.3) is 5.76 Å². The van der Waals surface area contributed by atoms with Gasteiger partial charge in [0, 0.05) is 17.2 Å². The Morgan fingerprint density at radius 2 is 1.65 bits per heavy atom. The molecule has 0 aromatic heterocycles. The third-order valence-electron chi connectivity index (χ3n) is 3.21. The molecule has 0 atom stereocenters. The van der Waals surface area contributed by atoms with E-state index in [0.29, 0.717) is 22.4 Å². The normalized spacial score (nSPS) is 15.1. The van der Waals surface area contributed by atoms with Crippen molar-refractivity contribution in [2.75, 3.05) is 0 Å². The average molecular weight is 264 g/mol. The Labute approximate surface area is 116 Å². The van der Waals surface area contributed by atoms with Gasteiger partial charge in [0.05, 0.1) is 5.56 Å². The molecule has 0 fully saturated rings. The van der Waals surface area contributed by atoms with E-state index in [1.54, 1.807) is 30.3 Å². The summed E-state index contributed by atoms with van der Waals surface area (Å²) >= 11 is 0. The molecular formula is C17H12O3. The van der Waals surface area contributed by atoms with E-state index < -0.39 is 5.97 Å². The van der Waals surface area contributed by atoms with Crippen molar-refractivity contribution >= 4 is 17.5 Å². The fourth-order valence-electron chi connectivity index (χ4n) is 2.11. The second-order valence-electron chi connectivity index (χ2n) is 4.67. The maximum absolute atomic E-state index is 12.2. The van der Waals surface area contributed by atoms with Crippen molar-refractivity contribution in [2.24, 2.45) is 0 Å². The Hall–Kier alpha value is -2.68. The third-order valence-corrected chi connectivity index (χ3v) is 3.21. The highest BCUT2D eigenvalue weighted by Gasteiger charge is 2.26. The number of aryl methyl sites for hydroxylation is 1. The highest BCUT2D eigenvalue weighted by atomic mass is 16.5. The number of benzene rings is 2. The molecule has 0 bridgehead atoms. The molecule has 0 radical (unpaired) electrons. The molecule has 3 heteroatoms. The molecule has 20 heavy (non-hydrogen) atoms. The van der Waals surface area contributed by atoms with E-state index in [4.69, 9.17) is 4.74 Å². The van der Waals surface area contributed by atoms with Crippen LogP contribution in [0, 0.1) is 6.92 Å². The molecule has 3 rings (SSSR count). The summed E-state index contributed by atoms with van der Waals surface area (Å²) in [4.78, 5) is 23.8. The molecule has 0 amide bonds. The molecule has 0 N–H and O–H groups in total. The highest BCUT2D eigenvalue weighted by Crippen LogP contribution is 2.29. The Morgan fingerprint density at radius 3 is 2.35 bits per heavy atom. The molecule has 1 heterocycles. The van der Waals surface area contributed by atoms with Crippen molar-refractivity contribution in [3.63, 3.8) is 0 Å². The van der Waals surface area contributed by atoms with Gasteiger partial charge in [-0.05, 0) is 13.0 Å². The van der Waals surface area contributed by atoms with E-state index in [1.165, 1.54) is 6.08 Å². The Balaban J connectivity index is 1.96. The van der Waals surface area contributed by atoms with E-state index >= 15 is 0 Å². The zero-order chi connectivity index (χ0) is 14.1. The van der Waals surface area contributed by atoms with Gasteiger partial charge in [-0.3, -0.25) is 4.79 Å². The van der Waals surface area contributed by atoms with Crippen molar-refractivity contribution < 1.29 is 14.3 Å². The quantitative estimate of drug-likeness (QED) is 0.474. The van der Waals surface area contributed by atoms with Crippen LogP contribution in [-0.4, -0.2) is 11.8 Å². The largest absolute Gasteiger partial charge is 0.422 e. The standard InChI is InChI=1S/C17H12O3/c1-11-6-8-12(9-7-11)15(18)10-16-13-4-2-3-5-14(13)17(19)20-16/h2-10H,1H3. The molecule has 3 nitrogen and oxygen atoms in total. The van der Waals surface area contributed by atoms with Crippen LogP contribution in [0.3, 0.4) is 0 Å². The van der Waals surface area contributed by atoms with Gasteiger partial charge in [0.2, 0.25) is 0 Å². The van der Waals surface area contributed by atoms with E-state index in [-0.39, 0.29) is 5.78 Å². The van der Waals surface area contributed by atoms with Gasteiger partial charge in [-0.15, -0.1) is 0 Å². The summed E-state index contributed by atoms with van der Waals surface area (Å²) in [7, 11) is 0. The molecule has 1 aliphatic heterocycles. The highest BCUT2D eigenvalue weighted by molar-refractivity contribution is 6.12. The van der Waals surface area contributed by atoms with Crippen LogP contribution in [-0.2, 0) is 4.74 Å². The third kappa shape index (κ3) is 2.14. The minimum atomic E-state index is -0.413. The first-order chi connectivity index (χ1) is 9.65. The van der Waals surface area contributed by atoms with E-state index in [0.717, 1.165) is 5.56 Å². The number of carbonyl (C=O) groups is 2. The van der Waals surface area contributed by atoms with Crippen LogP contribution in [0.15, 0.2) is 54.6 Å². The first-order valence-electron chi connectivity index (χ1n) is 6.29. The maximum atomic E-state index is 12.2. The number of ether oxygens (including phenoxy) is 1. The van der Waals surface area contributed by atoms with Gasteiger partial charge < -0.3 is 4.74 Å². The van der Waals surface area contributed by atoms with Crippen LogP contribution in [0.5, 0.6) is 0 Å². The lowest BCUT2D eigenvalue weighted by Crippen LogP contribution is -1.97. The van der Waals surface area contributed by atoms with Crippen molar-refractivity contribution in [2.45, 2.75) is 6.92 Å². The molecule has 1 aliphatic rings. The van der Waals surface area contributed by atoms with Crippen molar-refractivity contribution in [1.29, 1.82) is 0 Å². The molecule has 0 aliphatic carbocycles. The summed E-state index contributed by atoms with van der Waals surface area (Å²) in [6.07, 6.45) is 1.37. The molecule has 0 saturated heterocycles. The Morgan fingerprint density at radius 1 is 1.00 bits per heavy atom. The summed E-state index contributed by atoms with van der Waals surface area (Å²) in [6.45, 7) is 1.96. The molecule has 0 saturated carbocycles. The second-order valence-corrected chi connectivity index (χ2v) is 4.67. The summed E-state index contributed by atoms with van der Waals surface area (Å²) in [5, 5.41) is 0. The van der Waals surface area contributed by atoms with Crippen molar-refractivity contribution in [1.82, 2.24) is 0 Å². The predicted molar refractivity (Wildman–Crippen MR) is 75.3 cm³/mol. The number of allylic oxidation sites excluding steroid dienone is 1. The zero-order valence-electron chi connectivity index (χ0n) is 10.9. The summed E-state index contributed by atoms with van der Waals surface area (Å²) in [5.41, 5.74) is 2.82. The summed E-state index contributed by atoms with van der Waals surface area (Å²) in [5.74, 6) is -0.274. The topological polar surface area (TPSA) is 43.4 Å². The van der Waals surface area contributed by atoms with E-state index in [1.807, 2.05) is 25.1 Å². The molecule has 2 aromatic rings. The van der Waals surface area contributed by atoms with E-state index in [9.17, 15) is 9.59 Å². The molecule has 0 spiro atoms. The van der Waals surface area contributed by atoms with Crippen LogP contribution in [0.1, 0.15) is 31.8 Å². The number of hydrogen-bond acceptors (Lipinski definition) is 3. The summed E-state index contributed by atoms with van der Waals surface area (Å²) < 4.78 is 5.15. The lowest BCUT2D eigenvalue weighted by Gasteiger charge is -2.00. The Kier molecular flexibility index (Phi) is 2.95. The minimum Gasteiger partial charge on any atom is -0.422 e. The minimum absolute atomic E-state index is 0.176. The van der Waals surface area contributed by atoms with Gasteiger partial charge in [-0.2, -0.15) is 0 Å².